The molecule has 0 bridgehead atoms. The molecule has 0 saturated heterocycles. The number of aromatic nitrogens is 2. The number of carbonyl (C=O) groups excluding carboxylic acids is 2. The monoisotopic (exact) mass is 458 g/mol. The Morgan fingerprint density at radius 2 is 1.94 bits per heavy atom. The highest BCUT2D eigenvalue weighted by Crippen LogP contribution is 2.25. The van der Waals surface area contributed by atoms with Gasteiger partial charge in [0.2, 0.25) is 5.91 Å². The van der Waals surface area contributed by atoms with Crippen LogP contribution in [0.2, 0.25) is 0 Å². The Labute approximate surface area is 182 Å². The van der Waals surface area contributed by atoms with Gasteiger partial charge in [-0.25, -0.2) is 4.39 Å². The van der Waals surface area contributed by atoms with E-state index in [1.807, 2.05) is 0 Å². The molecule has 1 unspecified atom stereocenters. The molecule has 32 heavy (non-hydrogen) atoms. The van der Waals surface area contributed by atoms with E-state index >= 15 is 0 Å². The van der Waals surface area contributed by atoms with Crippen molar-refractivity contribution in [3.05, 3.63) is 29.7 Å². The summed E-state index contributed by atoms with van der Waals surface area (Å²) in [5.74, 6) is -1.67. The van der Waals surface area contributed by atoms with Gasteiger partial charge >= 0.3 is 6.18 Å². The second kappa shape index (κ2) is 9.05. The molecule has 2 amide bonds. The van der Waals surface area contributed by atoms with Crippen molar-refractivity contribution < 1.29 is 31.9 Å². The van der Waals surface area contributed by atoms with Crippen LogP contribution >= 0.6 is 0 Å². The molecule has 2 aromatic rings. The second-order valence-corrected chi connectivity index (χ2v) is 8.93. The number of nitrogens with one attached hydrogen (secondary N) is 2. The van der Waals surface area contributed by atoms with E-state index in [-0.39, 0.29) is 41.7 Å². The molecule has 11 heteroatoms. The van der Waals surface area contributed by atoms with Crippen molar-refractivity contribution in [2.24, 2.45) is 5.41 Å². The first kappa shape index (κ1) is 24.0. The maximum atomic E-state index is 14.5. The molecule has 1 heterocycles. The highest BCUT2D eigenvalue weighted by molar-refractivity contribution is 6.06. The molecule has 1 aromatic heterocycles. The normalized spacial score (nSPS) is 15.6. The van der Waals surface area contributed by atoms with Crippen molar-refractivity contribution in [3.8, 4) is 0 Å². The van der Waals surface area contributed by atoms with Crippen LogP contribution in [0.4, 0.5) is 17.6 Å². The van der Waals surface area contributed by atoms with Crippen molar-refractivity contribution >= 4 is 22.7 Å². The van der Waals surface area contributed by atoms with Gasteiger partial charge in [-0.15, -0.1) is 0 Å². The average Bonchev–Trinajstić information content (AvgIpc) is 3.39. The zero-order valence-corrected chi connectivity index (χ0v) is 18.1. The summed E-state index contributed by atoms with van der Waals surface area (Å²) >= 11 is 0. The topological polar surface area (TPSA) is 85.2 Å². The SMILES string of the molecule is CC(C)(C)C(NC(=O)c1nn(CCOCC(F)(F)F)c2c(F)cccc12)C(=O)NC1CC1. The fraction of sp³-hybridized carbons (Fsp3) is 0.571. The van der Waals surface area contributed by atoms with E-state index in [9.17, 15) is 27.2 Å². The van der Waals surface area contributed by atoms with Crippen LogP contribution in [0.5, 0.6) is 0 Å². The molecule has 2 N–H and O–H groups in total. The molecule has 0 spiro atoms. The molecule has 0 aliphatic heterocycles. The molecular weight excluding hydrogens is 432 g/mol. The minimum Gasteiger partial charge on any atom is -0.370 e. The summed E-state index contributed by atoms with van der Waals surface area (Å²) in [5.41, 5.74) is -0.754. The Bertz CT molecular complexity index is 993. The minimum atomic E-state index is -4.48. The number of nitrogens with zero attached hydrogens (tertiary/aromatic N) is 2. The van der Waals surface area contributed by atoms with E-state index < -0.39 is 36.0 Å². The van der Waals surface area contributed by atoms with Crippen molar-refractivity contribution in [1.29, 1.82) is 0 Å². The van der Waals surface area contributed by atoms with Gasteiger partial charge in [0.05, 0.1) is 13.2 Å². The summed E-state index contributed by atoms with van der Waals surface area (Å²) in [4.78, 5) is 25.7. The van der Waals surface area contributed by atoms with Gasteiger partial charge in [0.1, 0.15) is 24.0 Å². The number of para-hydroxylation sites is 1. The van der Waals surface area contributed by atoms with Crippen LogP contribution < -0.4 is 10.6 Å². The lowest BCUT2D eigenvalue weighted by Crippen LogP contribution is -2.54. The molecular formula is C21H26F4N4O3. The van der Waals surface area contributed by atoms with Crippen molar-refractivity contribution in [2.45, 2.75) is 58.4 Å². The molecule has 1 aliphatic rings. The summed E-state index contributed by atoms with van der Waals surface area (Å²) in [6.07, 6.45) is -2.70. The molecule has 1 aliphatic carbocycles. The summed E-state index contributed by atoms with van der Waals surface area (Å²) in [6.45, 7) is 3.41. The van der Waals surface area contributed by atoms with Gasteiger partial charge in [-0.05, 0) is 24.3 Å². The number of amides is 2. The molecule has 7 nitrogen and oxygen atoms in total. The molecule has 1 atom stereocenters. The van der Waals surface area contributed by atoms with Crippen LogP contribution in [-0.2, 0) is 16.1 Å². The summed E-state index contributed by atoms with van der Waals surface area (Å²) in [5, 5.41) is 9.87. The van der Waals surface area contributed by atoms with Gasteiger partial charge in [-0.1, -0.05) is 32.9 Å². The predicted molar refractivity (Wildman–Crippen MR) is 108 cm³/mol. The van der Waals surface area contributed by atoms with Gasteiger partial charge < -0.3 is 15.4 Å². The fourth-order valence-corrected chi connectivity index (χ4v) is 3.25. The number of fused-ring (bicyclic) bond motifs is 1. The van der Waals surface area contributed by atoms with E-state index in [1.54, 1.807) is 20.8 Å². The maximum absolute atomic E-state index is 14.5. The Morgan fingerprint density at radius 3 is 2.53 bits per heavy atom. The van der Waals surface area contributed by atoms with E-state index in [0.29, 0.717) is 0 Å². The predicted octanol–water partition coefficient (Wildman–Crippen LogP) is 3.18. The third-order valence-corrected chi connectivity index (χ3v) is 4.98. The molecule has 176 valence electrons. The standard InChI is InChI=1S/C21H26F4N4O3/c1-20(2,3)17(19(31)26-12-7-8-12)27-18(30)15-13-5-4-6-14(22)16(13)29(28-15)9-10-32-11-21(23,24)25/h4-6,12,17H,7-11H2,1-3H3,(H,26,31)(H,27,30). The molecule has 3 rings (SSSR count). The first-order valence-corrected chi connectivity index (χ1v) is 10.3. The Balaban J connectivity index is 1.82. The van der Waals surface area contributed by atoms with Gasteiger partial charge in [-0.2, -0.15) is 18.3 Å². The van der Waals surface area contributed by atoms with E-state index in [4.69, 9.17) is 0 Å². The number of ether oxygens (including phenoxy) is 1. The first-order chi connectivity index (χ1) is 14.9. The quantitative estimate of drug-likeness (QED) is 0.470. The largest absolute Gasteiger partial charge is 0.411 e. The van der Waals surface area contributed by atoms with Crippen molar-refractivity contribution in [1.82, 2.24) is 20.4 Å². The van der Waals surface area contributed by atoms with Crippen molar-refractivity contribution in [2.75, 3.05) is 13.2 Å². The number of halogens is 4. The van der Waals surface area contributed by atoms with Crippen molar-refractivity contribution in [3.63, 3.8) is 0 Å². The third kappa shape index (κ3) is 5.96. The van der Waals surface area contributed by atoms with E-state index in [2.05, 4.69) is 20.5 Å². The Hall–Kier alpha value is -2.69. The van der Waals surface area contributed by atoms with Gasteiger partial charge in [0, 0.05) is 11.4 Å². The minimum absolute atomic E-state index is 0.0250. The Morgan fingerprint density at radius 1 is 1.25 bits per heavy atom. The number of hydrogen-bond donors (Lipinski definition) is 2. The molecule has 0 radical (unpaired) electrons. The number of benzene rings is 1. The fourth-order valence-electron chi connectivity index (χ4n) is 3.25. The molecule has 1 fully saturated rings. The summed E-state index contributed by atoms with van der Waals surface area (Å²) in [6, 6.07) is 3.31. The van der Waals surface area contributed by atoms with Crippen LogP contribution in [0, 0.1) is 11.2 Å². The average molecular weight is 458 g/mol. The van der Waals surface area contributed by atoms with Crippen LogP contribution in [0.3, 0.4) is 0 Å². The summed E-state index contributed by atoms with van der Waals surface area (Å²) in [7, 11) is 0. The van der Waals surface area contributed by atoms with Crippen LogP contribution in [0.15, 0.2) is 18.2 Å². The molecule has 1 aromatic carbocycles. The smallest absolute Gasteiger partial charge is 0.370 e. The van der Waals surface area contributed by atoms with E-state index in [0.717, 1.165) is 17.5 Å². The number of rotatable bonds is 8. The lowest BCUT2D eigenvalue weighted by Gasteiger charge is -2.30. The second-order valence-electron chi connectivity index (χ2n) is 8.93. The van der Waals surface area contributed by atoms with Crippen LogP contribution in [-0.4, -0.2) is 53.1 Å². The Kier molecular flexibility index (Phi) is 6.77. The van der Waals surface area contributed by atoms with Gasteiger partial charge in [0.25, 0.3) is 5.91 Å². The zero-order valence-electron chi connectivity index (χ0n) is 18.1. The summed E-state index contributed by atoms with van der Waals surface area (Å²) < 4.78 is 57.0. The highest BCUT2D eigenvalue weighted by Gasteiger charge is 2.36. The van der Waals surface area contributed by atoms with Gasteiger partial charge in [0.15, 0.2) is 5.69 Å². The zero-order chi connectivity index (χ0) is 23.7. The first-order valence-electron chi connectivity index (χ1n) is 10.3. The highest BCUT2D eigenvalue weighted by atomic mass is 19.4. The third-order valence-electron chi connectivity index (χ3n) is 4.98. The van der Waals surface area contributed by atoms with Gasteiger partial charge in [-0.3, -0.25) is 14.3 Å². The lowest BCUT2D eigenvalue weighted by molar-refractivity contribution is -0.174. The number of alkyl halides is 3. The van der Waals surface area contributed by atoms with Crippen LogP contribution in [0.25, 0.3) is 10.9 Å². The number of hydrogen-bond acceptors (Lipinski definition) is 4. The lowest BCUT2D eigenvalue weighted by atomic mass is 9.86. The van der Waals surface area contributed by atoms with Crippen LogP contribution in [0.1, 0.15) is 44.1 Å². The number of carbonyl (C=O) groups is 2. The van der Waals surface area contributed by atoms with E-state index in [1.165, 1.54) is 18.2 Å². The molecule has 1 saturated carbocycles. The maximum Gasteiger partial charge on any atom is 0.411 e.